The first-order chi connectivity index (χ1) is 16.4. The van der Waals surface area contributed by atoms with E-state index in [1.54, 1.807) is 30.3 Å². The molecule has 1 aliphatic rings. The van der Waals surface area contributed by atoms with E-state index in [-0.39, 0.29) is 29.8 Å². The van der Waals surface area contributed by atoms with Gasteiger partial charge in [0.25, 0.3) is 5.91 Å². The summed E-state index contributed by atoms with van der Waals surface area (Å²) in [5, 5.41) is 0. The summed E-state index contributed by atoms with van der Waals surface area (Å²) in [5.41, 5.74) is 5.29. The zero-order valence-corrected chi connectivity index (χ0v) is 20.2. The number of rotatable bonds is 10. The van der Waals surface area contributed by atoms with Crippen LogP contribution in [0.2, 0.25) is 0 Å². The summed E-state index contributed by atoms with van der Waals surface area (Å²) in [5.74, 6) is -0.451. The van der Waals surface area contributed by atoms with E-state index in [0.29, 0.717) is 30.8 Å². The van der Waals surface area contributed by atoms with Crippen molar-refractivity contribution in [3.8, 4) is 5.75 Å². The number of carbonyl (C=O) groups is 2. The Morgan fingerprint density at radius 3 is 2.44 bits per heavy atom. The fraction of sp³-hybridized carbons (Fsp3) is 0.458. The van der Waals surface area contributed by atoms with Crippen LogP contribution in [0.15, 0.2) is 53.7 Å². The molecule has 0 bridgehead atoms. The van der Waals surface area contributed by atoms with Crippen molar-refractivity contribution < 1.29 is 22.7 Å². The molecular formula is C24H32N4O5S. The van der Waals surface area contributed by atoms with Crippen molar-refractivity contribution in [1.29, 1.82) is 0 Å². The minimum absolute atomic E-state index is 0.137. The molecular weight excluding hydrogens is 456 g/mol. The molecule has 0 atom stereocenters. The Labute approximate surface area is 200 Å². The van der Waals surface area contributed by atoms with Gasteiger partial charge in [-0.3, -0.25) is 25.4 Å². The Kier molecular flexibility index (Phi) is 9.41. The molecule has 1 saturated heterocycles. The number of amides is 2. The van der Waals surface area contributed by atoms with E-state index in [9.17, 15) is 18.0 Å². The highest BCUT2D eigenvalue weighted by Gasteiger charge is 2.32. The Balaban J connectivity index is 1.41. The maximum absolute atomic E-state index is 12.7. The van der Waals surface area contributed by atoms with Crippen molar-refractivity contribution in [1.82, 2.24) is 20.1 Å². The lowest BCUT2D eigenvalue weighted by Crippen LogP contribution is -2.48. The summed E-state index contributed by atoms with van der Waals surface area (Å²) in [7, 11) is -3.63. The number of sulfonamides is 1. The third-order valence-corrected chi connectivity index (χ3v) is 7.66. The van der Waals surface area contributed by atoms with Gasteiger partial charge in [0, 0.05) is 37.0 Å². The lowest BCUT2D eigenvalue weighted by atomic mass is 9.98. The van der Waals surface area contributed by atoms with Crippen molar-refractivity contribution in [2.45, 2.75) is 50.3 Å². The summed E-state index contributed by atoms with van der Waals surface area (Å²) in [4.78, 5) is 28.8. The molecule has 2 N–H and O–H groups in total. The van der Waals surface area contributed by atoms with Crippen molar-refractivity contribution in [2.24, 2.45) is 5.92 Å². The number of carbonyl (C=O) groups excluding carboxylic acids is 2. The van der Waals surface area contributed by atoms with Crippen LogP contribution in [0.25, 0.3) is 0 Å². The second-order valence-corrected chi connectivity index (χ2v) is 10.2. The van der Waals surface area contributed by atoms with Crippen LogP contribution >= 0.6 is 0 Å². The van der Waals surface area contributed by atoms with Crippen LogP contribution in [0, 0.1) is 5.92 Å². The average Bonchev–Trinajstić information content (AvgIpc) is 2.88. The van der Waals surface area contributed by atoms with Crippen LogP contribution < -0.4 is 15.6 Å². The molecule has 0 radical (unpaired) electrons. The lowest BCUT2D eigenvalue weighted by molar-refractivity contribution is -0.126. The van der Waals surface area contributed by atoms with Crippen LogP contribution in [-0.2, 0) is 14.8 Å². The predicted octanol–water partition coefficient (Wildman–Crippen LogP) is 2.90. The van der Waals surface area contributed by atoms with E-state index in [1.165, 1.54) is 35.6 Å². The molecule has 1 fully saturated rings. The molecule has 0 saturated carbocycles. The fourth-order valence-electron chi connectivity index (χ4n) is 3.72. The van der Waals surface area contributed by atoms with Gasteiger partial charge in [-0.25, -0.2) is 8.42 Å². The van der Waals surface area contributed by atoms with Crippen LogP contribution in [0.3, 0.4) is 0 Å². The maximum atomic E-state index is 12.7. The molecule has 2 aromatic rings. The Morgan fingerprint density at radius 2 is 1.79 bits per heavy atom. The van der Waals surface area contributed by atoms with Gasteiger partial charge in [0.1, 0.15) is 10.6 Å². The lowest BCUT2D eigenvalue weighted by Gasteiger charge is -2.30. The topological polar surface area (TPSA) is 118 Å². The number of benzene rings is 1. The third kappa shape index (κ3) is 7.01. The van der Waals surface area contributed by atoms with Gasteiger partial charge in [-0.15, -0.1) is 0 Å². The number of unbranched alkanes of at least 4 members (excludes halogenated alkanes) is 3. The van der Waals surface area contributed by atoms with Gasteiger partial charge in [-0.2, -0.15) is 4.31 Å². The summed E-state index contributed by atoms with van der Waals surface area (Å²) in [6, 6.07) is 9.83. The number of piperidine rings is 1. The van der Waals surface area contributed by atoms with E-state index >= 15 is 0 Å². The number of hydrazine groups is 1. The average molecular weight is 489 g/mol. The summed E-state index contributed by atoms with van der Waals surface area (Å²) >= 11 is 0. The highest BCUT2D eigenvalue weighted by molar-refractivity contribution is 7.89. The van der Waals surface area contributed by atoms with Crippen LogP contribution in [0.1, 0.15) is 55.8 Å². The number of ether oxygens (including phenoxy) is 1. The molecule has 1 aliphatic heterocycles. The minimum atomic E-state index is -3.63. The molecule has 0 unspecified atom stereocenters. The molecule has 1 aromatic carbocycles. The Bertz CT molecular complexity index is 1040. The Morgan fingerprint density at radius 1 is 1.06 bits per heavy atom. The first-order valence-electron chi connectivity index (χ1n) is 11.6. The summed E-state index contributed by atoms with van der Waals surface area (Å²) < 4.78 is 32.4. The molecule has 1 aromatic heterocycles. The smallest absolute Gasteiger partial charge is 0.269 e. The SMILES string of the molecule is CCCCCCOc1ccc(C(=O)NNC(=O)C2CCN(S(=O)(=O)c3cccnc3)CC2)cc1. The molecule has 34 heavy (non-hydrogen) atoms. The normalized spacial score (nSPS) is 15.0. The van der Waals surface area contributed by atoms with Gasteiger partial charge in [0.2, 0.25) is 15.9 Å². The third-order valence-electron chi connectivity index (χ3n) is 5.78. The van der Waals surface area contributed by atoms with Gasteiger partial charge in [-0.1, -0.05) is 26.2 Å². The molecule has 2 heterocycles. The van der Waals surface area contributed by atoms with Crippen LogP contribution in [0.5, 0.6) is 5.75 Å². The molecule has 0 spiro atoms. The van der Waals surface area contributed by atoms with E-state index in [4.69, 9.17) is 4.74 Å². The van der Waals surface area contributed by atoms with E-state index in [1.807, 2.05) is 0 Å². The molecule has 10 heteroatoms. The molecule has 0 aliphatic carbocycles. The highest BCUT2D eigenvalue weighted by atomic mass is 32.2. The highest BCUT2D eigenvalue weighted by Crippen LogP contribution is 2.23. The fourth-order valence-corrected chi connectivity index (χ4v) is 5.16. The quantitative estimate of drug-likeness (QED) is 0.392. The number of hydrogen-bond acceptors (Lipinski definition) is 6. The maximum Gasteiger partial charge on any atom is 0.269 e. The second-order valence-electron chi connectivity index (χ2n) is 8.24. The van der Waals surface area contributed by atoms with Gasteiger partial charge < -0.3 is 4.74 Å². The Hall–Kier alpha value is -2.98. The second kappa shape index (κ2) is 12.5. The molecule has 9 nitrogen and oxygen atoms in total. The number of nitrogens with zero attached hydrogens (tertiary/aromatic N) is 2. The molecule has 3 rings (SSSR count). The largest absolute Gasteiger partial charge is 0.494 e. The number of hydrogen-bond donors (Lipinski definition) is 2. The van der Waals surface area contributed by atoms with Gasteiger partial charge in [0.05, 0.1) is 6.61 Å². The van der Waals surface area contributed by atoms with Gasteiger partial charge in [0.15, 0.2) is 0 Å². The predicted molar refractivity (Wildman–Crippen MR) is 127 cm³/mol. The van der Waals surface area contributed by atoms with E-state index < -0.39 is 15.9 Å². The monoisotopic (exact) mass is 488 g/mol. The van der Waals surface area contributed by atoms with Gasteiger partial charge in [-0.05, 0) is 55.7 Å². The zero-order chi connectivity index (χ0) is 24.4. The number of nitrogens with one attached hydrogen (secondary N) is 2. The van der Waals surface area contributed by atoms with Crippen molar-refractivity contribution in [2.75, 3.05) is 19.7 Å². The van der Waals surface area contributed by atoms with Gasteiger partial charge >= 0.3 is 0 Å². The first-order valence-corrected chi connectivity index (χ1v) is 13.1. The number of pyridine rings is 1. The van der Waals surface area contributed by atoms with Crippen molar-refractivity contribution >= 4 is 21.8 Å². The first kappa shape index (κ1) is 25.6. The number of aromatic nitrogens is 1. The molecule has 2 amide bonds. The standard InChI is InChI=1S/C24H32N4O5S/c1-2-3-4-5-17-33-21-10-8-19(9-11-21)23(29)26-27-24(30)20-12-15-28(16-13-20)34(31,32)22-7-6-14-25-18-22/h6-11,14,18,20H,2-5,12-13,15-17H2,1H3,(H,26,29)(H,27,30). The summed E-state index contributed by atoms with van der Waals surface area (Å²) in [6.45, 7) is 3.25. The zero-order valence-electron chi connectivity index (χ0n) is 19.4. The van der Waals surface area contributed by atoms with Crippen LogP contribution in [0.4, 0.5) is 0 Å². The van der Waals surface area contributed by atoms with E-state index in [2.05, 4.69) is 22.8 Å². The van der Waals surface area contributed by atoms with Crippen molar-refractivity contribution in [3.05, 3.63) is 54.4 Å². The summed E-state index contributed by atoms with van der Waals surface area (Å²) in [6.07, 6.45) is 8.06. The minimum Gasteiger partial charge on any atom is -0.494 e. The van der Waals surface area contributed by atoms with E-state index in [0.717, 1.165) is 12.8 Å². The molecule has 184 valence electrons. The van der Waals surface area contributed by atoms with Crippen LogP contribution in [-0.4, -0.2) is 49.2 Å². The van der Waals surface area contributed by atoms with Crippen molar-refractivity contribution in [3.63, 3.8) is 0 Å².